The summed E-state index contributed by atoms with van der Waals surface area (Å²) in [6.07, 6.45) is 8.13. The third-order valence-corrected chi connectivity index (χ3v) is 4.17. The topological polar surface area (TPSA) is 43.4 Å². The van der Waals surface area contributed by atoms with Crippen LogP contribution < -0.4 is 0 Å². The van der Waals surface area contributed by atoms with Crippen LogP contribution in [0.3, 0.4) is 0 Å². The Kier molecular flexibility index (Phi) is 7.05. The van der Waals surface area contributed by atoms with Crippen molar-refractivity contribution in [1.29, 1.82) is 0 Å². The molecule has 1 aliphatic rings. The molecule has 23 heavy (non-hydrogen) atoms. The molecule has 3 heteroatoms. The van der Waals surface area contributed by atoms with E-state index in [4.69, 9.17) is 4.74 Å². The van der Waals surface area contributed by atoms with E-state index in [1.165, 1.54) is 0 Å². The molecule has 0 fully saturated rings. The SMILES string of the molecule is C[C@H]1C=C(CCCCCCC(=O)OCc2ccccc2)C(=O)C1. The van der Waals surface area contributed by atoms with Gasteiger partial charge >= 0.3 is 5.97 Å². The molecule has 0 saturated carbocycles. The van der Waals surface area contributed by atoms with Crippen LogP contribution in [0.15, 0.2) is 42.0 Å². The summed E-state index contributed by atoms with van der Waals surface area (Å²) in [6, 6.07) is 9.73. The monoisotopic (exact) mass is 314 g/mol. The van der Waals surface area contributed by atoms with Crippen molar-refractivity contribution in [3.05, 3.63) is 47.5 Å². The van der Waals surface area contributed by atoms with Gasteiger partial charge in [0.15, 0.2) is 5.78 Å². The highest BCUT2D eigenvalue weighted by atomic mass is 16.5. The first-order valence-corrected chi connectivity index (χ1v) is 8.58. The number of benzene rings is 1. The third kappa shape index (κ3) is 6.39. The van der Waals surface area contributed by atoms with Crippen LogP contribution in [0, 0.1) is 5.92 Å². The Labute approximate surface area is 138 Å². The van der Waals surface area contributed by atoms with Gasteiger partial charge in [-0.3, -0.25) is 9.59 Å². The normalized spacial score (nSPS) is 17.2. The minimum absolute atomic E-state index is 0.128. The van der Waals surface area contributed by atoms with Crippen molar-refractivity contribution in [2.24, 2.45) is 5.92 Å². The summed E-state index contributed by atoms with van der Waals surface area (Å²) in [4.78, 5) is 23.3. The molecule has 124 valence electrons. The highest BCUT2D eigenvalue weighted by Gasteiger charge is 2.19. The van der Waals surface area contributed by atoms with E-state index in [1.807, 2.05) is 30.3 Å². The highest BCUT2D eigenvalue weighted by Crippen LogP contribution is 2.24. The summed E-state index contributed by atoms with van der Waals surface area (Å²) in [5, 5.41) is 0. The molecule has 2 rings (SSSR count). The zero-order valence-electron chi connectivity index (χ0n) is 13.9. The van der Waals surface area contributed by atoms with Gasteiger partial charge in [0.2, 0.25) is 0 Å². The lowest BCUT2D eigenvalue weighted by atomic mass is 10.0. The lowest BCUT2D eigenvalue weighted by Crippen LogP contribution is -2.04. The predicted octanol–water partition coefficient (Wildman–Crippen LogP) is 4.61. The lowest BCUT2D eigenvalue weighted by Gasteiger charge is -2.05. The van der Waals surface area contributed by atoms with Crippen LogP contribution >= 0.6 is 0 Å². The fourth-order valence-corrected chi connectivity index (χ4v) is 2.89. The number of esters is 1. The molecule has 0 bridgehead atoms. The average Bonchev–Trinajstić information content (AvgIpc) is 2.87. The van der Waals surface area contributed by atoms with Gasteiger partial charge in [0.05, 0.1) is 0 Å². The number of unbranched alkanes of at least 4 members (excludes halogenated alkanes) is 3. The maximum absolute atomic E-state index is 11.7. The van der Waals surface area contributed by atoms with Gasteiger partial charge in [0.1, 0.15) is 6.61 Å². The smallest absolute Gasteiger partial charge is 0.306 e. The van der Waals surface area contributed by atoms with E-state index in [2.05, 4.69) is 13.0 Å². The summed E-state index contributed by atoms with van der Waals surface area (Å²) < 4.78 is 5.25. The van der Waals surface area contributed by atoms with Crippen molar-refractivity contribution in [2.75, 3.05) is 0 Å². The molecule has 3 nitrogen and oxygen atoms in total. The van der Waals surface area contributed by atoms with E-state index < -0.39 is 0 Å². The summed E-state index contributed by atoms with van der Waals surface area (Å²) in [5.74, 6) is 0.607. The van der Waals surface area contributed by atoms with Gasteiger partial charge in [-0.2, -0.15) is 0 Å². The Morgan fingerprint density at radius 3 is 2.57 bits per heavy atom. The zero-order chi connectivity index (χ0) is 16.5. The van der Waals surface area contributed by atoms with E-state index in [1.54, 1.807) is 0 Å². The molecule has 0 N–H and O–H groups in total. The fourth-order valence-electron chi connectivity index (χ4n) is 2.89. The standard InChI is InChI=1S/C20H26O3/c1-16-13-18(19(21)14-16)11-7-2-3-8-12-20(22)23-15-17-9-5-4-6-10-17/h4-6,9-10,13,16H,2-3,7-8,11-12,14-15H2,1H3/t16-/m0/s1. The van der Waals surface area contributed by atoms with Crippen LogP contribution in [0.4, 0.5) is 0 Å². The molecule has 0 aliphatic heterocycles. The van der Waals surface area contributed by atoms with E-state index in [9.17, 15) is 9.59 Å². The molecule has 0 spiro atoms. The first-order valence-electron chi connectivity index (χ1n) is 8.58. The highest BCUT2D eigenvalue weighted by molar-refractivity contribution is 5.97. The van der Waals surface area contributed by atoms with Crippen LogP contribution in [0.2, 0.25) is 0 Å². The molecule has 0 aromatic heterocycles. The second-order valence-electron chi connectivity index (χ2n) is 6.36. The van der Waals surface area contributed by atoms with Crippen LogP contribution in [0.1, 0.15) is 57.4 Å². The van der Waals surface area contributed by atoms with Gasteiger partial charge in [-0.15, -0.1) is 0 Å². The van der Waals surface area contributed by atoms with Gasteiger partial charge < -0.3 is 4.74 Å². The number of hydrogen-bond acceptors (Lipinski definition) is 3. The van der Waals surface area contributed by atoms with Crippen LogP contribution in [-0.4, -0.2) is 11.8 Å². The zero-order valence-corrected chi connectivity index (χ0v) is 13.9. The average molecular weight is 314 g/mol. The minimum Gasteiger partial charge on any atom is -0.461 e. The minimum atomic E-state index is -0.128. The van der Waals surface area contributed by atoms with Crippen molar-refractivity contribution in [3.63, 3.8) is 0 Å². The Hall–Kier alpha value is -1.90. The number of ether oxygens (including phenoxy) is 1. The number of Topliss-reactive ketones (excluding diaryl/α,β-unsaturated/α-hetero) is 1. The van der Waals surface area contributed by atoms with Crippen LogP contribution in [0.25, 0.3) is 0 Å². The number of allylic oxidation sites excluding steroid dienone is 2. The van der Waals surface area contributed by atoms with Gasteiger partial charge in [-0.25, -0.2) is 0 Å². The molecule has 0 heterocycles. The van der Waals surface area contributed by atoms with E-state index >= 15 is 0 Å². The van der Waals surface area contributed by atoms with Crippen molar-refractivity contribution in [3.8, 4) is 0 Å². The number of rotatable bonds is 9. The van der Waals surface area contributed by atoms with Crippen molar-refractivity contribution in [2.45, 2.75) is 58.5 Å². The maximum Gasteiger partial charge on any atom is 0.306 e. The molecule has 1 aromatic rings. The number of carbonyl (C=O) groups excluding carboxylic acids is 2. The largest absolute Gasteiger partial charge is 0.461 e. The number of carbonyl (C=O) groups is 2. The summed E-state index contributed by atoms with van der Waals surface area (Å²) in [5.41, 5.74) is 2.03. The van der Waals surface area contributed by atoms with Crippen molar-refractivity contribution >= 4 is 11.8 Å². The molecule has 1 atom stereocenters. The quantitative estimate of drug-likeness (QED) is 0.494. The third-order valence-electron chi connectivity index (χ3n) is 4.17. The fraction of sp³-hybridized carbons (Fsp3) is 0.500. The molecular formula is C20H26O3. The van der Waals surface area contributed by atoms with Gasteiger partial charge in [-0.1, -0.05) is 56.2 Å². The lowest BCUT2D eigenvalue weighted by molar-refractivity contribution is -0.145. The Morgan fingerprint density at radius 2 is 1.87 bits per heavy atom. The first kappa shape index (κ1) is 17.5. The van der Waals surface area contributed by atoms with E-state index in [0.717, 1.165) is 43.2 Å². The first-order chi connectivity index (χ1) is 11.1. The van der Waals surface area contributed by atoms with E-state index in [0.29, 0.717) is 31.1 Å². The van der Waals surface area contributed by atoms with Crippen LogP contribution in [-0.2, 0) is 20.9 Å². The van der Waals surface area contributed by atoms with Gasteiger partial charge in [0, 0.05) is 12.8 Å². The number of hydrogen-bond donors (Lipinski definition) is 0. The molecule has 1 aliphatic carbocycles. The molecule has 1 aromatic carbocycles. The second kappa shape index (κ2) is 9.29. The van der Waals surface area contributed by atoms with Crippen molar-refractivity contribution in [1.82, 2.24) is 0 Å². The predicted molar refractivity (Wildman–Crippen MR) is 90.8 cm³/mol. The van der Waals surface area contributed by atoms with Gasteiger partial charge in [-0.05, 0) is 36.3 Å². The molecular weight excluding hydrogens is 288 g/mol. The van der Waals surface area contributed by atoms with Gasteiger partial charge in [0.25, 0.3) is 0 Å². The molecule has 0 radical (unpaired) electrons. The Morgan fingerprint density at radius 1 is 1.13 bits per heavy atom. The van der Waals surface area contributed by atoms with Crippen LogP contribution in [0.5, 0.6) is 0 Å². The number of ketones is 1. The summed E-state index contributed by atoms with van der Waals surface area (Å²) >= 11 is 0. The van der Waals surface area contributed by atoms with Crippen molar-refractivity contribution < 1.29 is 14.3 Å². The second-order valence-corrected chi connectivity index (χ2v) is 6.36. The molecule has 0 amide bonds. The molecule has 0 unspecified atom stereocenters. The molecule has 0 saturated heterocycles. The Bertz CT molecular complexity index is 545. The summed E-state index contributed by atoms with van der Waals surface area (Å²) in [7, 11) is 0. The maximum atomic E-state index is 11.7. The van der Waals surface area contributed by atoms with E-state index in [-0.39, 0.29) is 5.97 Å². The summed E-state index contributed by atoms with van der Waals surface area (Å²) in [6.45, 7) is 2.44. The Balaban J connectivity index is 1.49.